The van der Waals surface area contributed by atoms with Crippen LogP contribution >= 0.6 is 0 Å². The molecule has 1 amide bonds. The fourth-order valence-corrected chi connectivity index (χ4v) is 2.47. The van der Waals surface area contributed by atoms with Crippen molar-refractivity contribution in [2.75, 3.05) is 19.0 Å². The Kier molecular flexibility index (Phi) is 7.32. The van der Waals surface area contributed by atoms with E-state index in [1.807, 2.05) is 0 Å². The first-order chi connectivity index (χ1) is 14.9. The van der Waals surface area contributed by atoms with Gasteiger partial charge in [0.1, 0.15) is 6.07 Å². The van der Waals surface area contributed by atoms with Gasteiger partial charge in [0.2, 0.25) is 0 Å². The molecule has 170 valence electrons. The fraction of sp³-hybridized carbons (Fsp3) is 0.316. The van der Waals surface area contributed by atoms with Gasteiger partial charge in [0.05, 0.1) is 55.7 Å². The van der Waals surface area contributed by atoms with Gasteiger partial charge in [-0.1, -0.05) is 6.58 Å². The molecule has 2 aromatic rings. The first-order valence-electron chi connectivity index (χ1n) is 8.76. The molecule has 2 heterocycles. The summed E-state index contributed by atoms with van der Waals surface area (Å²) in [4.78, 5) is 27.9. The highest BCUT2D eigenvalue weighted by Gasteiger charge is 2.38. The number of rotatable bonds is 8. The number of ether oxygens (including phenoxy) is 2. The molecular weight excluding hydrogens is 438 g/mol. The number of hydrogen-bond donors (Lipinski definition) is 1. The maximum atomic E-state index is 13.3. The van der Waals surface area contributed by atoms with E-state index in [4.69, 9.17) is 10.00 Å². The van der Waals surface area contributed by atoms with Gasteiger partial charge < -0.3 is 14.8 Å². The van der Waals surface area contributed by atoms with Crippen molar-refractivity contribution in [1.29, 1.82) is 5.26 Å². The molecule has 0 saturated carbocycles. The molecule has 0 spiro atoms. The summed E-state index contributed by atoms with van der Waals surface area (Å²) < 4.78 is 63.8. The molecule has 2 rings (SSSR count). The van der Waals surface area contributed by atoms with Crippen molar-refractivity contribution in [2.45, 2.75) is 25.2 Å². The monoisotopic (exact) mass is 455 g/mol. The summed E-state index contributed by atoms with van der Waals surface area (Å²) >= 11 is 0. The van der Waals surface area contributed by atoms with Crippen LogP contribution in [0.5, 0.6) is 0 Å². The number of hydrogen-bond acceptors (Lipinski definition) is 7. The van der Waals surface area contributed by atoms with E-state index in [2.05, 4.69) is 26.7 Å². The van der Waals surface area contributed by atoms with Crippen LogP contribution in [-0.4, -0.2) is 46.0 Å². The first-order valence-corrected chi connectivity index (χ1v) is 8.76. The van der Waals surface area contributed by atoms with Gasteiger partial charge in [0, 0.05) is 0 Å². The SMILES string of the molecule is C=C(COC(C)(Cn1cc(F)cn1)C(=O)Nc1cnc(C#N)c(C(F)(F)F)c1)C(=O)OC. The number of pyridine rings is 1. The molecule has 0 aromatic carbocycles. The number of esters is 1. The Labute approximate surface area is 179 Å². The maximum absolute atomic E-state index is 13.3. The molecule has 32 heavy (non-hydrogen) atoms. The summed E-state index contributed by atoms with van der Waals surface area (Å²) in [5.41, 5.74) is -4.56. The predicted octanol–water partition coefficient (Wildman–Crippen LogP) is 2.45. The number of methoxy groups -OCH3 is 1. The minimum absolute atomic E-state index is 0.141. The van der Waals surface area contributed by atoms with Crippen molar-refractivity contribution in [1.82, 2.24) is 14.8 Å². The van der Waals surface area contributed by atoms with Crippen LogP contribution in [-0.2, 0) is 31.8 Å². The second kappa shape index (κ2) is 9.56. The molecule has 0 aliphatic heterocycles. The largest absolute Gasteiger partial charge is 0.466 e. The normalized spacial score (nSPS) is 13.0. The van der Waals surface area contributed by atoms with Crippen molar-refractivity contribution in [2.24, 2.45) is 0 Å². The van der Waals surface area contributed by atoms with Crippen LogP contribution in [0.3, 0.4) is 0 Å². The van der Waals surface area contributed by atoms with Crippen molar-refractivity contribution < 1.29 is 36.6 Å². The van der Waals surface area contributed by atoms with E-state index in [0.717, 1.165) is 30.4 Å². The van der Waals surface area contributed by atoms with Gasteiger partial charge in [0.15, 0.2) is 17.1 Å². The Bertz CT molecular complexity index is 1080. The standard InChI is InChI=1S/C19H17F4N5O4/c1-11(16(29)31-3)9-32-18(2,10-28-8-12(20)6-26-28)17(30)27-13-4-14(19(21,22)23)15(5-24)25-7-13/h4,6-8H,1,9-10H2,2-3H3,(H,27,30). The molecule has 0 fully saturated rings. The number of nitrogens with one attached hydrogen (secondary N) is 1. The van der Waals surface area contributed by atoms with Gasteiger partial charge in [-0.2, -0.15) is 23.5 Å². The quantitative estimate of drug-likeness (QED) is 0.369. The average Bonchev–Trinajstić information content (AvgIpc) is 3.14. The fourth-order valence-electron chi connectivity index (χ4n) is 2.47. The number of anilines is 1. The van der Waals surface area contributed by atoms with E-state index in [1.54, 1.807) is 0 Å². The highest BCUT2D eigenvalue weighted by Crippen LogP contribution is 2.32. The Morgan fingerprint density at radius 3 is 2.56 bits per heavy atom. The van der Waals surface area contributed by atoms with E-state index in [0.29, 0.717) is 6.07 Å². The molecular formula is C19H17F4N5O4. The predicted molar refractivity (Wildman–Crippen MR) is 100 cm³/mol. The van der Waals surface area contributed by atoms with E-state index < -0.39 is 47.3 Å². The van der Waals surface area contributed by atoms with Gasteiger partial charge >= 0.3 is 12.1 Å². The number of nitriles is 1. The van der Waals surface area contributed by atoms with Crippen LogP contribution in [0.2, 0.25) is 0 Å². The summed E-state index contributed by atoms with van der Waals surface area (Å²) in [5, 5.41) is 14.8. The van der Waals surface area contributed by atoms with Crippen LogP contribution in [0.4, 0.5) is 23.2 Å². The third-order valence-corrected chi connectivity index (χ3v) is 4.14. The first kappa shape index (κ1) is 24.5. The lowest BCUT2D eigenvalue weighted by molar-refractivity contribution is -0.144. The lowest BCUT2D eigenvalue weighted by atomic mass is 10.0. The second-order valence-electron chi connectivity index (χ2n) is 6.65. The van der Waals surface area contributed by atoms with Gasteiger partial charge in [0.25, 0.3) is 5.91 Å². The van der Waals surface area contributed by atoms with Crippen molar-refractivity contribution in [3.8, 4) is 6.07 Å². The van der Waals surface area contributed by atoms with Gasteiger partial charge in [-0.05, 0) is 13.0 Å². The van der Waals surface area contributed by atoms with Crippen molar-refractivity contribution in [3.63, 3.8) is 0 Å². The third-order valence-electron chi connectivity index (χ3n) is 4.14. The maximum Gasteiger partial charge on any atom is 0.419 e. The number of nitrogens with zero attached hydrogens (tertiary/aromatic N) is 4. The average molecular weight is 455 g/mol. The van der Waals surface area contributed by atoms with Crippen LogP contribution in [0.25, 0.3) is 0 Å². The highest BCUT2D eigenvalue weighted by molar-refractivity contribution is 5.97. The van der Waals surface area contributed by atoms with Gasteiger partial charge in [-0.3, -0.25) is 9.48 Å². The van der Waals surface area contributed by atoms with Crippen molar-refractivity contribution in [3.05, 3.63) is 53.9 Å². The molecule has 0 saturated heterocycles. The molecule has 1 N–H and O–H groups in total. The molecule has 1 unspecified atom stereocenters. The van der Waals surface area contributed by atoms with Crippen LogP contribution in [0.15, 0.2) is 36.8 Å². The molecule has 1 atom stereocenters. The Morgan fingerprint density at radius 2 is 2.03 bits per heavy atom. The lowest BCUT2D eigenvalue weighted by Gasteiger charge is -2.29. The van der Waals surface area contributed by atoms with Crippen LogP contribution in [0, 0.1) is 17.1 Å². The Hall–Kier alpha value is -3.79. The second-order valence-corrected chi connectivity index (χ2v) is 6.65. The topological polar surface area (TPSA) is 119 Å². The summed E-state index contributed by atoms with van der Waals surface area (Å²) in [6.07, 6.45) is -2.17. The van der Waals surface area contributed by atoms with Crippen LogP contribution in [0.1, 0.15) is 18.2 Å². The number of halogens is 4. The number of alkyl halides is 3. The molecule has 0 aliphatic carbocycles. The molecule has 0 aliphatic rings. The summed E-state index contributed by atoms with van der Waals surface area (Å²) in [6, 6.07) is 1.87. The van der Waals surface area contributed by atoms with Crippen molar-refractivity contribution >= 4 is 17.6 Å². The molecule has 0 radical (unpaired) electrons. The molecule has 2 aromatic heterocycles. The lowest BCUT2D eigenvalue weighted by Crippen LogP contribution is -2.47. The number of carbonyl (C=O) groups excluding carboxylic acids is 2. The third kappa shape index (κ3) is 5.88. The smallest absolute Gasteiger partial charge is 0.419 e. The van der Waals surface area contributed by atoms with Gasteiger partial charge in [-0.25, -0.2) is 14.2 Å². The summed E-state index contributed by atoms with van der Waals surface area (Å²) in [5.74, 6) is -2.45. The zero-order valence-electron chi connectivity index (χ0n) is 16.9. The van der Waals surface area contributed by atoms with E-state index in [-0.39, 0.29) is 17.8 Å². The molecule has 0 bridgehead atoms. The summed E-state index contributed by atoms with van der Waals surface area (Å²) in [7, 11) is 1.11. The Balaban J connectivity index is 2.32. The zero-order valence-corrected chi connectivity index (χ0v) is 16.9. The zero-order chi connectivity index (χ0) is 24.1. The number of aromatic nitrogens is 3. The van der Waals surface area contributed by atoms with Gasteiger partial charge in [-0.15, -0.1) is 0 Å². The summed E-state index contributed by atoms with van der Waals surface area (Å²) in [6.45, 7) is 3.88. The van der Waals surface area contributed by atoms with E-state index in [9.17, 15) is 27.2 Å². The highest BCUT2D eigenvalue weighted by atomic mass is 19.4. The van der Waals surface area contributed by atoms with E-state index >= 15 is 0 Å². The minimum atomic E-state index is -4.89. The molecule has 13 heteroatoms. The number of carbonyl (C=O) groups is 2. The number of amides is 1. The van der Waals surface area contributed by atoms with Crippen LogP contribution < -0.4 is 5.32 Å². The minimum Gasteiger partial charge on any atom is -0.466 e. The Morgan fingerprint density at radius 1 is 1.34 bits per heavy atom. The van der Waals surface area contributed by atoms with E-state index in [1.165, 1.54) is 13.0 Å². The molecule has 9 nitrogen and oxygen atoms in total.